The Morgan fingerprint density at radius 1 is 1.48 bits per heavy atom. The lowest BCUT2D eigenvalue weighted by molar-refractivity contribution is -0.164. The number of hydrogen-bond donors (Lipinski definition) is 0. The normalized spacial score (nSPS) is 23.1. The van der Waals surface area contributed by atoms with Crippen molar-refractivity contribution in [1.29, 1.82) is 0 Å². The highest BCUT2D eigenvalue weighted by molar-refractivity contribution is 9.10. The molecule has 2 unspecified atom stereocenters. The van der Waals surface area contributed by atoms with Gasteiger partial charge in [-0.3, -0.25) is 4.79 Å². The Labute approximate surface area is 143 Å². The van der Waals surface area contributed by atoms with E-state index in [4.69, 9.17) is 27.9 Å². The maximum Gasteiger partial charge on any atom is 0.309 e. The molecule has 5 heteroatoms. The molecule has 1 aliphatic carbocycles. The summed E-state index contributed by atoms with van der Waals surface area (Å²) in [6, 6.07) is 7.73. The first-order chi connectivity index (χ1) is 9.80. The van der Waals surface area contributed by atoms with E-state index in [0.29, 0.717) is 6.61 Å². The summed E-state index contributed by atoms with van der Waals surface area (Å²) in [5.41, 5.74) is 0.790. The third kappa shape index (κ3) is 4.02. The van der Waals surface area contributed by atoms with Gasteiger partial charge in [0.1, 0.15) is 11.1 Å². The van der Waals surface area contributed by atoms with Gasteiger partial charge in [0.25, 0.3) is 0 Å². The number of esters is 1. The molecule has 1 aromatic rings. The molecule has 1 aromatic carbocycles. The maximum absolute atomic E-state index is 12.2. The lowest BCUT2D eigenvalue weighted by Crippen LogP contribution is -2.48. The smallest absolute Gasteiger partial charge is 0.309 e. The molecule has 0 aliphatic heterocycles. The molecule has 0 spiro atoms. The Bertz CT molecular complexity index is 565. The van der Waals surface area contributed by atoms with Crippen molar-refractivity contribution in [2.24, 2.45) is 17.3 Å². The Morgan fingerprint density at radius 3 is 2.76 bits per heavy atom. The van der Waals surface area contributed by atoms with Crippen LogP contribution in [0.1, 0.15) is 25.8 Å². The minimum Gasteiger partial charge on any atom is -0.461 e. The molecule has 0 saturated heterocycles. The van der Waals surface area contributed by atoms with Crippen LogP contribution in [0.2, 0.25) is 0 Å². The summed E-state index contributed by atoms with van der Waals surface area (Å²) in [5, 5.41) is 0. The van der Waals surface area contributed by atoms with Crippen molar-refractivity contribution in [3.63, 3.8) is 0 Å². The minimum atomic E-state index is -0.177. The van der Waals surface area contributed by atoms with Crippen LogP contribution in [0.5, 0.6) is 0 Å². The Balaban J connectivity index is 1.92. The molecule has 0 radical (unpaired) electrons. The van der Waals surface area contributed by atoms with E-state index in [0.717, 1.165) is 16.5 Å². The van der Waals surface area contributed by atoms with Crippen LogP contribution in [0, 0.1) is 17.3 Å². The molecule has 0 bridgehead atoms. The highest BCUT2D eigenvalue weighted by atomic mass is 79.9. The summed E-state index contributed by atoms with van der Waals surface area (Å²) in [4.78, 5) is 12.2. The molecule has 0 amide bonds. The van der Waals surface area contributed by atoms with Crippen LogP contribution in [0.25, 0.3) is 0 Å². The number of rotatable bonds is 4. The summed E-state index contributed by atoms with van der Waals surface area (Å²) in [5.74, 6) is -0.0557. The van der Waals surface area contributed by atoms with Crippen molar-refractivity contribution < 1.29 is 9.53 Å². The van der Waals surface area contributed by atoms with Crippen LogP contribution < -0.4 is 0 Å². The van der Waals surface area contributed by atoms with Gasteiger partial charge in [-0.1, -0.05) is 71.2 Å². The summed E-state index contributed by atoms with van der Waals surface area (Å²) >= 11 is 14.8. The molecule has 1 saturated carbocycles. The zero-order valence-electron chi connectivity index (χ0n) is 11.9. The van der Waals surface area contributed by atoms with Gasteiger partial charge in [0.15, 0.2) is 0 Å². The zero-order chi connectivity index (χ0) is 15.6. The summed E-state index contributed by atoms with van der Waals surface area (Å²) in [6.07, 6.45) is 2.54. The van der Waals surface area contributed by atoms with Crippen molar-refractivity contribution >= 4 is 45.1 Å². The number of ether oxygens (including phenoxy) is 1. The van der Waals surface area contributed by atoms with Gasteiger partial charge in [0.05, 0.1) is 5.92 Å². The van der Waals surface area contributed by atoms with E-state index >= 15 is 0 Å². The number of halogens is 3. The van der Waals surface area contributed by atoms with E-state index in [1.807, 2.05) is 38.1 Å². The Morgan fingerprint density at radius 2 is 2.19 bits per heavy atom. The van der Waals surface area contributed by atoms with Crippen molar-refractivity contribution in [1.82, 2.24) is 0 Å². The van der Waals surface area contributed by atoms with Gasteiger partial charge in [0, 0.05) is 4.47 Å². The average Bonchev–Trinajstić information content (AvgIpc) is 2.40. The van der Waals surface area contributed by atoms with Gasteiger partial charge in [-0.05, 0) is 35.4 Å². The third-order valence-electron chi connectivity index (χ3n) is 4.23. The van der Waals surface area contributed by atoms with E-state index in [9.17, 15) is 4.79 Å². The van der Waals surface area contributed by atoms with Crippen molar-refractivity contribution in [3.05, 3.63) is 44.9 Å². The molecular weight excluding hydrogens is 375 g/mol. The topological polar surface area (TPSA) is 26.3 Å². The van der Waals surface area contributed by atoms with E-state index in [1.54, 1.807) is 6.08 Å². The Kier molecular flexibility index (Phi) is 5.39. The van der Waals surface area contributed by atoms with Crippen LogP contribution >= 0.6 is 39.1 Å². The predicted octanol–water partition coefficient (Wildman–Crippen LogP) is 5.47. The largest absolute Gasteiger partial charge is 0.461 e. The van der Waals surface area contributed by atoms with Gasteiger partial charge >= 0.3 is 5.97 Å². The van der Waals surface area contributed by atoms with Gasteiger partial charge in [0.2, 0.25) is 0 Å². The second-order valence-corrected chi connectivity index (χ2v) is 7.83. The van der Waals surface area contributed by atoms with Gasteiger partial charge in [-0.2, -0.15) is 0 Å². The van der Waals surface area contributed by atoms with Crippen LogP contribution in [0.3, 0.4) is 0 Å². The molecule has 2 nitrogen and oxygen atoms in total. The highest BCUT2D eigenvalue weighted by Crippen LogP contribution is 2.53. The number of benzene rings is 1. The molecular formula is C16H17BrCl2O2. The first kappa shape index (κ1) is 16.9. The van der Waals surface area contributed by atoms with E-state index in [-0.39, 0.29) is 27.7 Å². The second kappa shape index (κ2) is 6.72. The molecule has 0 N–H and O–H groups in total. The molecule has 1 aliphatic rings. The first-order valence-electron chi connectivity index (χ1n) is 6.74. The Hall–Kier alpha value is -0.510. The average molecular weight is 392 g/mol. The third-order valence-corrected chi connectivity index (χ3v) is 4.97. The van der Waals surface area contributed by atoms with Gasteiger partial charge in [-0.25, -0.2) is 0 Å². The summed E-state index contributed by atoms with van der Waals surface area (Å²) in [7, 11) is 0. The molecule has 114 valence electrons. The molecule has 2 atom stereocenters. The van der Waals surface area contributed by atoms with Gasteiger partial charge in [-0.15, -0.1) is 0 Å². The predicted molar refractivity (Wildman–Crippen MR) is 89.1 cm³/mol. The highest BCUT2D eigenvalue weighted by Gasteiger charge is 2.51. The van der Waals surface area contributed by atoms with E-state index in [1.165, 1.54) is 0 Å². The van der Waals surface area contributed by atoms with Crippen LogP contribution in [0.15, 0.2) is 39.3 Å². The van der Waals surface area contributed by atoms with Gasteiger partial charge < -0.3 is 4.74 Å². The molecule has 21 heavy (non-hydrogen) atoms. The fourth-order valence-corrected chi connectivity index (χ4v) is 3.43. The summed E-state index contributed by atoms with van der Waals surface area (Å²) < 4.78 is 6.66. The molecule has 0 aromatic heterocycles. The standard InChI is InChI=1S/C16H17BrCl2O2/c1-16(2)11(8-14(18)19)7-13(16)15(20)21-9-10-4-3-5-12(17)6-10/h3-6,8,11,13H,7,9H2,1-2H3. The van der Waals surface area contributed by atoms with Crippen molar-refractivity contribution in [2.45, 2.75) is 26.9 Å². The molecule has 2 rings (SSSR count). The first-order valence-corrected chi connectivity index (χ1v) is 8.29. The maximum atomic E-state index is 12.2. The minimum absolute atomic E-state index is 0.112. The zero-order valence-corrected chi connectivity index (χ0v) is 15.0. The molecule has 0 heterocycles. The van der Waals surface area contributed by atoms with E-state index < -0.39 is 0 Å². The van der Waals surface area contributed by atoms with Crippen molar-refractivity contribution in [2.75, 3.05) is 0 Å². The number of carbonyl (C=O) groups excluding carboxylic acids is 1. The number of hydrogen-bond acceptors (Lipinski definition) is 2. The molecule has 1 fully saturated rings. The second-order valence-electron chi connectivity index (χ2n) is 5.91. The lowest BCUT2D eigenvalue weighted by atomic mass is 9.55. The van der Waals surface area contributed by atoms with E-state index in [2.05, 4.69) is 15.9 Å². The number of allylic oxidation sites excluding steroid dienone is 1. The fourth-order valence-electron chi connectivity index (χ4n) is 2.68. The van der Waals surface area contributed by atoms with Crippen LogP contribution in [0.4, 0.5) is 0 Å². The monoisotopic (exact) mass is 390 g/mol. The summed E-state index contributed by atoms with van der Waals surface area (Å²) in [6.45, 7) is 4.38. The number of carbonyl (C=O) groups is 1. The van der Waals surface area contributed by atoms with Crippen molar-refractivity contribution in [3.8, 4) is 0 Å². The van der Waals surface area contributed by atoms with Crippen LogP contribution in [-0.2, 0) is 16.1 Å². The fraction of sp³-hybridized carbons (Fsp3) is 0.438. The van der Waals surface area contributed by atoms with Crippen LogP contribution in [-0.4, -0.2) is 5.97 Å². The lowest BCUT2D eigenvalue weighted by Gasteiger charge is -2.49. The SMILES string of the molecule is CC1(C)C(C=C(Cl)Cl)CC1C(=O)OCc1cccc(Br)c1. The quantitative estimate of drug-likeness (QED) is 0.635.